The average Bonchev–Trinajstić information content (AvgIpc) is 3.18. The van der Waals surface area contributed by atoms with Crippen LogP contribution in [0.25, 0.3) is 0 Å². The molecule has 0 unspecified atom stereocenters. The number of halogens is 3. The minimum Gasteiger partial charge on any atom is -0.481 e. The molecule has 0 heterocycles. The number of carboxylic acids is 1. The number of ether oxygens (including phenoxy) is 5. The van der Waals surface area contributed by atoms with Crippen molar-refractivity contribution in [1.29, 1.82) is 0 Å². The second-order valence-electron chi connectivity index (χ2n) is 14.6. The number of carbonyl (C=O) groups is 7. The maximum Gasteiger partial charge on any atom is 0.446 e. The van der Waals surface area contributed by atoms with Gasteiger partial charge in [-0.25, -0.2) is 0 Å². The quantitative estimate of drug-likeness (QED) is 0.0578. The normalized spacial score (nSPS) is 11.9. The average molecular weight is 858 g/mol. The summed E-state index contributed by atoms with van der Waals surface area (Å²) in [6, 6.07) is 18.7. The Morgan fingerprint density at radius 1 is 0.667 bits per heavy atom. The Morgan fingerprint density at radius 2 is 1.02 bits per heavy atom. The van der Waals surface area contributed by atoms with Gasteiger partial charge in [0, 0.05) is 14.2 Å². The highest BCUT2D eigenvalue weighted by Crippen LogP contribution is 2.20. The molecular weight excluding hydrogens is 793 g/mol. The van der Waals surface area contributed by atoms with E-state index in [9.17, 15) is 41.9 Å². The van der Waals surface area contributed by atoms with Crippen molar-refractivity contribution in [3.8, 4) is 0 Å². The standard InChI is InChI=1S/C22H32O6.C18H24O6.C2HF3O.C2H6/c1-16(2)18(14-20(24)27-15-17-10-7-6-8-11-17)21(25)26-13-9-12-19(23)28-22(3,4)5;1-13(2)15(18(22)23-10-6-9-16(19)20)11-17(21)24-12-14-7-4-3-5-8-14;3-2(4,5)1-6;1-2/h6-8,10-11,16,18H,9,12-15H2,1-5H3;3-5,7-8,13,15H,6,9-12H2,1-2H3,(H,19,20);1H;1-2H3/t18-;15-;;/m00../s1/i;;;1D. The number of aldehydes is 1. The number of rotatable bonds is 20. The van der Waals surface area contributed by atoms with Crippen LogP contribution < -0.4 is 0 Å². The van der Waals surface area contributed by atoms with E-state index >= 15 is 0 Å². The number of aliphatic carboxylic acids is 1. The van der Waals surface area contributed by atoms with Crippen molar-refractivity contribution in [1.82, 2.24) is 0 Å². The summed E-state index contributed by atoms with van der Waals surface area (Å²) < 4.78 is 63.4. The third kappa shape index (κ3) is 31.7. The number of hydrogen-bond donors (Lipinski definition) is 1. The van der Waals surface area contributed by atoms with E-state index in [1.54, 1.807) is 27.7 Å². The van der Waals surface area contributed by atoms with Crippen molar-refractivity contribution < 1.29 is 76.9 Å². The van der Waals surface area contributed by atoms with E-state index in [1.165, 1.54) is 0 Å². The second-order valence-corrected chi connectivity index (χ2v) is 14.6. The van der Waals surface area contributed by atoms with Crippen molar-refractivity contribution in [3.05, 3.63) is 71.8 Å². The first-order chi connectivity index (χ1) is 28.5. The lowest BCUT2D eigenvalue weighted by Crippen LogP contribution is -2.27. The zero-order valence-electron chi connectivity index (χ0n) is 36.9. The molecule has 0 saturated heterocycles. The van der Waals surface area contributed by atoms with E-state index in [0.717, 1.165) is 11.1 Å². The molecule has 2 atom stereocenters. The number of benzene rings is 2. The van der Waals surface area contributed by atoms with Crippen LogP contribution in [0.15, 0.2) is 60.7 Å². The highest BCUT2D eigenvalue weighted by atomic mass is 19.4. The maximum absolute atomic E-state index is 12.3. The first-order valence-electron chi connectivity index (χ1n) is 20.1. The molecule has 2 rings (SSSR count). The summed E-state index contributed by atoms with van der Waals surface area (Å²) in [7, 11) is 0. The lowest BCUT2D eigenvalue weighted by molar-refractivity contribution is -0.159. The van der Waals surface area contributed by atoms with E-state index < -0.39 is 59.7 Å². The molecule has 0 aromatic heterocycles. The largest absolute Gasteiger partial charge is 0.481 e. The second kappa shape index (κ2) is 31.6. The highest BCUT2D eigenvalue weighted by molar-refractivity contribution is 5.81. The van der Waals surface area contributed by atoms with Gasteiger partial charge in [-0.3, -0.25) is 33.6 Å². The van der Waals surface area contributed by atoms with Gasteiger partial charge in [-0.05, 0) is 56.6 Å². The summed E-state index contributed by atoms with van der Waals surface area (Å²) in [5.41, 5.74) is 1.24. The predicted molar refractivity (Wildman–Crippen MR) is 216 cm³/mol. The summed E-state index contributed by atoms with van der Waals surface area (Å²) in [4.78, 5) is 79.2. The lowest BCUT2D eigenvalue weighted by atomic mass is 9.93. The zero-order chi connectivity index (χ0) is 47.0. The fourth-order valence-electron chi connectivity index (χ4n) is 4.53. The molecule has 0 saturated carbocycles. The van der Waals surface area contributed by atoms with Crippen molar-refractivity contribution in [2.75, 3.05) is 13.2 Å². The van der Waals surface area contributed by atoms with Gasteiger partial charge in [0.1, 0.15) is 18.8 Å². The monoisotopic (exact) mass is 857 g/mol. The summed E-state index contributed by atoms with van der Waals surface area (Å²) in [6.45, 7) is 15.6. The number of hydrogen-bond acceptors (Lipinski definition) is 12. The fourth-order valence-corrected chi connectivity index (χ4v) is 4.53. The third-order valence-electron chi connectivity index (χ3n) is 7.58. The van der Waals surface area contributed by atoms with E-state index in [-0.39, 0.29) is 76.3 Å². The van der Waals surface area contributed by atoms with E-state index in [4.69, 9.17) is 35.0 Å². The van der Waals surface area contributed by atoms with Crippen LogP contribution in [-0.2, 0) is 70.5 Å². The summed E-state index contributed by atoms with van der Waals surface area (Å²) in [5, 5.41) is 8.55. The van der Waals surface area contributed by atoms with Gasteiger partial charge in [-0.15, -0.1) is 0 Å². The van der Waals surface area contributed by atoms with Crippen LogP contribution >= 0.6 is 0 Å². The number of carbonyl (C=O) groups excluding carboxylic acids is 6. The molecule has 0 aliphatic carbocycles. The smallest absolute Gasteiger partial charge is 0.446 e. The van der Waals surface area contributed by atoms with Crippen LogP contribution in [-0.4, -0.2) is 72.2 Å². The fraction of sp³-hybridized carbons (Fsp3) is 0.568. The van der Waals surface area contributed by atoms with Crippen LogP contribution in [0.4, 0.5) is 13.2 Å². The Kier molecular flexibility index (Phi) is 28.8. The highest BCUT2D eigenvalue weighted by Gasteiger charge is 2.29. The van der Waals surface area contributed by atoms with Crippen molar-refractivity contribution in [3.63, 3.8) is 0 Å². The zero-order valence-corrected chi connectivity index (χ0v) is 35.9. The van der Waals surface area contributed by atoms with Gasteiger partial charge in [0.25, 0.3) is 0 Å². The minimum atomic E-state index is -4.64. The van der Waals surface area contributed by atoms with Crippen LogP contribution in [0.5, 0.6) is 0 Å². The van der Waals surface area contributed by atoms with Gasteiger partial charge in [-0.1, -0.05) is 102 Å². The Hall–Kier alpha value is -5.28. The SMILES string of the molecule is CC(C)[C@H](CC(=O)OCc1ccccc1)C(=O)OCCCC(=O)O.CC(C)[C@H](CC(=O)OCc1ccccc1)C(=O)OCCCC(=O)OC(C)(C)C.O=CC(F)(F)F.[2H]CC. The number of alkyl halides is 3. The Labute approximate surface area is 353 Å². The van der Waals surface area contributed by atoms with Gasteiger partial charge in [0.2, 0.25) is 6.29 Å². The molecule has 13 nitrogen and oxygen atoms in total. The first-order valence-corrected chi connectivity index (χ1v) is 19.4. The molecule has 0 aliphatic rings. The molecular formula is C44H63F3O13. The van der Waals surface area contributed by atoms with Gasteiger partial charge < -0.3 is 28.8 Å². The number of esters is 5. The molecule has 0 fully saturated rings. The van der Waals surface area contributed by atoms with E-state index in [2.05, 4.69) is 0 Å². The van der Waals surface area contributed by atoms with Crippen LogP contribution in [0, 0.1) is 23.7 Å². The summed E-state index contributed by atoms with van der Waals surface area (Å²) in [6.07, 6.45) is -5.03. The summed E-state index contributed by atoms with van der Waals surface area (Å²) >= 11 is 0. The minimum absolute atomic E-state index is 0.0323. The Morgan fingerprint density at radius 3 is 1.32 bits per heavy atom. The number of carboxylic acid groups (broad SMARTS) is 1. The maximum atomic E-state index is 12.3. The lowest BCUT2D eigenvalue weighted by Gasteiger charge is -2.20. The predicted octanol–water partition coefficient (Wildman–Crippen LogP) is 8.63. The molecule has 338 valence electrons. The molecule has 2 aromatic rings. The first kappa shape index (κ1) is 54.7. The van der Waals surface area contributed by atoms with Crippen LogP contribution in [0.3, 0.4) is 0 Å². The van der Waals surface area contributed by atoms with Crippen LogP contribution in [0.1, 0.15) is 113 Å². The molecule has 0 spiro atoms. The molecule has 2 aromatic carbocycles. The van der Waals surface area contributed by atoms with Gasteiger partial charge in [-0.2, -0.15) is 13.2 Å². The summed E-state index contributed by atoms with van der Waals surface area (Å²) in [5.74, 6) is -4.42. The van der Waals surface area contributed by atoms with E-state index in [1.807, 2.05) is 88.4 Å². The molecule has 0 bridgehead atoms. The molecule has 0 amide bonds. The molecule has 60 heavy (non-hydrogen) atoms. The van der Waals surface area contributed by atoms with Gasteiger partial charge >= 0.3 is 42.0 Å². The van der Waals surface area contributed by atoms with Crippen molar-refractivity contribution in [2.45, 2.75) is 126 Å². The third-order valence-corrected chi connectivity index (χ3v) is 7.58. The van der Waals surface area contributed by atoms with Gasteiger partial charge in [0.15, 0.2) is 0 Å². The molecule has 16 heteroatoms. The van der Waals surface area contributed by atoms with Gasteiger partial charge in [0.05, 0.1) is 37.9 Å². The van der Waals surface area contributed by atoms with Crippen molar-refractivity contribution in [2.24, 2.45) is 23.7 Å². The van der Waals surface area contributed by atoms with Crippen LogP contribution in [0.2, 0.25) is 0 Å². The van der Waals surface area contributed by atoms with Crippen molar-refractivity contribution >= 4 is 42.1 Å². The van der Waals surface area contributed by atoms with E-state index in [0.29, 0.717) is 13.3 Å². The Balaban J connectivity index is 0. The molecule has 1 N–H and O–H groups in total. The molecule has 0 aliphatic heterocycles. The topological polar surface area (TPSA) is 186 Å². The Bertz CT molecular complexity index is 1560. The molecule has 0 radical (unpaired) electrons.